The Bertz CT molecular complexity index is 622. The second kappa shape index (κ2) is 8.17. The molecule has 1 aliphatic heterocycles. The van der Waals surface area contributed by atoms with Crippen LogP contribution in [0.25, 0.3) is 0 Å². The van der Waals surface area contributed by atoms with Gasteiger partial charge >= 0.3 is 6.09 Å². The van der Waals surface area contributed by atoms with Crippen LogP contribution in [0, 0.1) is 0 Å². The van der Waals surface area contributed by atoms with Gasteiger partial charge in [-0.05, 0) is 45.3 Å². The largest absolute Gasteiger partial charge is 0.444 e. The minimum absolute atomic E-state index is 0.0425. The number of amides is 1. The molecule has 1 fully saturated rings. The van der Waals surface area contributed by atoms with Gasteiger partial charge in [-0.3, -0.25) is 4.90 Å². The minimum Gasteiger partial charge on any atom is -0.444 e. The van der Waals surface area contributed by atoms with E-state index in [2.05, 4.69) is 29.2 Å². The summed E-state index contributed by atoms with van der Waals surface area (Å²) in [7, 11) is 0.933. The number of hydrogen-bond donors (Lipinski definition) is 0. The summed E-state index contributed by atoms with van der Waals surface area (Å²) < 4.78 is 13.6. The number of nitrogens with zero attached hydrogens (tertiary/aromatic N) is 3. The highest BCUT2D eigenvalue weighted by atomic mass is 28.3. The molecule has 1 atom stereocenters. The van der Waals surface area contributed by atoms with Crippen LogP contribution in [0.15, 0.2) is 6.20 Å². The molecule has 0 radical (unpaired) electrons. The van der Waals surface area contributed by atoms with Crippen molar-refractivity contribution in [1.29, 1.82) is 0 Å². The summed E-state index contributed by atoms with van der Waals surface area (Å²) in [5.41, 5.74) is 0.569. The molecule has 1 aliphatic rings. The van der Waals surface area contributed by atoms with Crippen LogP contribution < -0.4 is 5.59 Å². The molecule has 0 N–H and O–H groups in total. The van der Waals surface area contributed by atoms with E-state index in [4.69, 9.17) is 9.47 Å². The van der Waals surface area contributed by atoms with E-state index in [1.54, 1.807) is 0 Å². The smallest absolute Gasteiger partial charge is 0.410 e. The van der Waals surface area contributed by atoms with Crippen molar-refractivity contribution < 1.29 is 14.3 Å². The summed E-state index contributed by atoms with van der Waals surface area (Å²) in [5.74, 6) is 0.902. The molecular formula is C18H34BN3O3Si. The third kappa shape index (κ3) is 5.87. The number of hydrogen-bond acceptors (Lipinski definition) is 4. The van der Waals surface area contributed by atoms with E-state index in [1.807, 2.05) is 39.7 Å². The van der Waals surface area contributed by atoms with Gasteiger partial charge in [0.2, 0.25) is 0 Å². The molecule has 146 valence electrons. The van der Waals surface area contributed by atoms with Crippen molar-refractivity contribution in [2.24, 2.45) is 0 Å². The Morgan fingerprint density at radius 2 is 2.08 bits per heavy atom. The normalized spacial score (nSPS) is 18.4. The van der Waals surface area contributed by atoms with Crippen LogP contribution in [-0.4, -0.2) is 55.2 Å². The van der Waals surface area contributed by atoms with Gasteiger partial charge in [0.05, 0.1) is 6.04 Å². The third-order valence-electron chi connectivity index (χ3n) is 4.48. The van der Waals surface area contributed by atoms with Gasteiger partial charge in [0, 0.05) is 27.4 Å². The molecule has 0 aromatic carbocycles. The topological polar surface area (TPSA) is 56.6 Å². The average molecular weight is 379 g/mol. The van der Waals surface area contributed by atoms with Crippen LogP contribution >= 0.6 is 0 Å². The van der Waals surface area contributed by atoms with E-state index in [0.29, 0.717) is 13.3 Å². The molecule has 2 rings (SSSR count). The molecule has 0 bridgehead atoms. The minimum atomic E-state index is -1.10. The summed E-state index contributed by atoms with van der Waals surface area (Å²) in [5, 5.41) is 0. The van der Waals surface area contributed by atoms with Crippen LogP contribution in [0.2, 0.25) is 25.7 Å². The summed E-state index contributed by atoms with van der Waals surface area (Å²) in [6.07, 6.45) is 3.48. The van der Waals surface area contributed by atoms with Crippen LogP contribution in [0.5, 0.6) is 0 Å². The van der Waals surface area contributed by atoms with Crippen LogP contribution in [0.4, 0.5) is 4.79 Å². The molecule has 1 saturated heterocycles. The quantitative estimate of drug-likeness (QED) is 0.563. The Balaban J connectivity index is 2.07. The van der Waals surface area contributed by atoms with E-state index < -0.39 is 13.7 Å². The molecule has 8 heteroatoms. The lowest BCUT2D eigenvalue weighted by Crippen LogP contribution is -2.37. The summed E-state index contributed by atoms with van der Waals surface area (Å²) >= 11 is 0. The lowest BCUT2D eigenvalue weighted by atomic mass is 10.1. The van der Waals surface area contributed by atoms with E-state index in [9.17, 15) is 4.79 Å². The number of imidazole rings is 1. The van der Waals surface area contributed by atoms with E-state index in [1.165, 1.54) is 0 Å². The zero-order valence-corrected chi connectivity index (χ0v) is 18.5. The first-order valence-corrected chi connectivity index (χ1v) is 13.3. The summed E-state index contributed by atoms with van der Waals surface area (Å²) in [6, 6.07) is 1.10. The van der Waals surface area contributed by atoms with Gasteiger partial charge in [0.25, 0.3) is 0 Å². The van der Waals surface area contributed by atoms with E-state index >= 15 is 0 Å². The zero-order chi connectivity index (χ0) is 19.5. The van der Waals surface area contributed by atoms with Gasteiger partial charge in [0.1, 0.15) is 18.2 Å². The number of aromatic nitrogens is 2. The monoisotopic (exact) mass is 379 g/mol. The second-order valence-corrected chi connectivity index (χ2v) is 15.0. The lowest BCUT2D eigenvalue weighted by molar-refractivity contribution is 0.0205. The molecule has 0 spiro atoms. The first kappa shape index (κ1) is 21.0. The molecular weight excluding hydrogens is 345 g/mol. The summed E-state index contributed by atoms with van der Waals surface area (Å²) in [4.78, 5) is 19.0. The Hall–Kier alpha value is -1.28. The average Bonchev–Trinajstić information content (AvgIpc) is 3.07. The molecule has 0 unspecified atom stereocenters. The zero-order valence-electron chi connectivity index (χ0n) is 17.5. The number of ether oxygens (including phenoxy) is 2. The highest BCUT2D eigenvalue weighted by molar-refractivity contribution is 6.76. The standard InChI is InChI=1S/C18H34BN3O3Si/c1-18(2,3)25-17(23)21-9-7-8-14(21)16-20-12-15(19)22(16)13-24-10-11-26(4,5)6/h12,14H,7-11,13,19H2,1-6H3/t14-/m0/s1. The first-order chi connectivity index (χ1) is 12.0. The van der Waals surface area contributed by atoms with Crippen molar-refractivity contribution in [3.8, 4) is 0 Å². The van der Waals surface area contributed by atoms with Gasteiger partial charge < -0.3 is 14.0 Å². The fraction of sp³-hybridized carbons (Fsp3) is 0.778. The molecule has 0 aliphatic carbocycles. The molecule has 2 heterocycles. The van der Waals surface area contributed by atoms with Crippen molar-refractivity contribution in [1.82, 2.24) is 14.5 Å². The highest BCUT2D eigenvalue weighted by Gasteiger charge is 2.35. The maximum absolute atomic E-state index is 12.6. The number of likely N-dealkylation sites (tertiary alicyclic amines) is 1. The number of rotatable bonds is 6. The highest BCUT2D eigenvalue weighted by Crippen LogP contribution is 2.32. The van der Waals surface area contributed by atoms with Crippen molar-refractivity contribution in [3.05, 3.63) is 12.0 Å². The van der Waals surface area contributed by atoms with Crippen LogP contribution in [0.1, 0.15) is 45.5 Å². The molecule has 1 aromatic rings. The lowest BCUT2D eigenvalue weighted by Gasteiger charge is -2.28. The van der Waals surface area contributed by atoms with Gasteiger partial charge in [-0.25, -0.2) is 9.78 Å². The Morgan fingerprint density at radius 1 is 1.38 bits per heavy atom. The SMILES string of the molecule is Bc1cnc([C@@H]2CCCN2C(=O)OC(C)(C)C)n1COCC[Si](C)(C)C. The first-order valence-electron chi connectivity index (χ1n) is 9.57. The maximum atomic E-state index is 12.6. The van der Waals surface area contributed by atoms with Gasteiger partial charge in [0.15, 0.2) is 7.85 Å². The molecule has 1 aromatic heterocycles. The van der Waals surface area contributed by atoms with Crippen molar-refractivity contribution in [2.75, 3.05) is 13.2 Å². The molecule has 1 amide bonds. The number of carbonyl (C=O) groups excluding carboxylic acids is 1. The number of carbonyl (C=O) groups is 1. The second-order valence-electron chi connectivity index (χ2n) is 9.37. The predicted molar refractivity (Wildman–Crippen MR) is 109 cm³/mol. The molecule has 6 nitrogen and oxygen atoms in total. The molecule has 0 saturated carbocycles. The van der Waals surface area contributed by atoms with Gasteiger partial charge in [-0.2, -0.15) is 0 Å². The molecule has 26 heavy (non-hydrogen) atoms. The van der Waals surface area contributed by atoms with Crippen LogP contribution in [-0.2, 0) is 16.2 Å². The Morgan fingerprint density at radius 3 is 2.69 bits per heavy atom. The summed E-state index contributed by atoms with van der Waals surface area (Å²) in [6.45, 7) is 14.7. The van der Waals surface area contributed by atoms with Gasteiger partial charge in [-0.15, -0.1) is 0 Å². The van der Waals surface area contributed by atoms with Crippen molar-refractivity contribution >= 4 is 27.6 Å². The van der Waals surface area contributed by atoms with E-state index in [0.717, 1.165) is 36.9 Å². The van der Waals surface area contributed by atoms with Crippen molar-refractivity contribution in [3.63, 3.8) is 0 Å². The van der Waals surface area contributed by atoms with Crippen LogP contribution in [0.3, 0.4) is 0 Å². The van der Waals surface area contributed by atoms with Crippen molar-refractivity contribution in [2.45, 2.75) is 77.7 Å². The fourth-order valence-corrected chi connectivity index (χ4v) is 3.78. The van der Waals surface area contributed by atoms with Gasteiger partial charge in [-0.1, -0.05) is 19.6 Å². The third-order valence-corrected chi connectivity index (χ3v) is 6.19. The Labute approximate surface area is 159 Å². The Kier molecular flexibility index (Phi) is 6.61. The predicted octanol–water partition coefficient (Wildman–Crippen LogP) is 2.53. The fourth-order valence-electron chi connectivity index (χ4n) is 3.02. The van der Waals surface area contributed by atoms with E-state index in [-0.39, 0.29) is 12.1 Å². The maximum Gasteiger partial charge on any atom is 0.410 e.